The van der Waals surface area contributed by atoms with Gasteiger partial charge in [0.1, 0.15) is 11.6 Å². The molecule has 0 amide bonds. The summed E-state index contributed by atoms with van der Waals surface area (Å²) in [5.41, 5.74) is 5.80. The zero-order valence-corrected chi connectivity index (χ0v) is 11.5. The maximum atomic E-state index is 5.80. The third kappa shape index (κ3) is 3.18. The molecule has 1 aromatic heterocycles. The molecule has 2 N–H and O–H groups in total. The van der Waals surface area contributed by atoms with Crippen LogP contribution in [0.15, 0.2) is 0 Å². The third-order valence-electron chi connectivity index (χ3n) is 3.92. The molecule has 1 aliphatic carbocycles. The van der Waals surface area contributed by atoms with Crippen LogP contribution < -0.4 is 5.73 Å². The Morgan fingerprint density at radius 3 is 2.72 bits per heavy atom. The summed E-state index contributed by atoms with van der Waals surface area (Å²) in [6, 6.07) is 0. The second-order valence-corrected chi connectivity index (χ2v) is 5.36. The fourth-order valence-electron chi connectivity index (χ4n) is 2.87. The van der Waals surface area contributed by atoms with Gasteiger partial charge >= 0.3 is 0 Å². The van der Waals surface area contributed by atoms with Crippen LogP contribution in [0.5, 0.6) is 0 Å². The molecule has 2 unspecified atom stereocenters. The largest absolute Gasteiger partial charge is 0.368 e. The Hall–Kier alpha value is -1.19. The minimum atomic E-state index is 0.391. The maximum absolute atomic E-state index is 5.80. The minimum Gasteiger partial charge on any atom is -0.368 e. The van der Waals surface area contributed by atoms with Crippen LogP contribution in [0.25, 0.3) is 0 Å². The van der Waals surface area contributed by atoms with Gasteiger partial charge in [-0.15, -0.1) is 0 Å². The normalized spacial score (nSPS) is 24.1. The van der Waals surface area contributed by atoms with Gasteiger partial charge in [0, 0.05) is 12.3 Å². The van der Waals surface area contributed by atoms with Gasteiger partial charge in [0.05, 0.1) is 0 Å². The lowest BCUT2D eigenvalue weighted by Gasteiger charge is -2.27. The number of aromatic nitrogens is 3. The Balaban J connectivity index is 2.16. The van der Waals surface area contributed by atoms with Crippen LogP contribution in [0.3, 0.4) is 0 Å². The lowest BCUT2D eigenvalue weighted by atomic mass is 9.80. The summed E-state index contributed by atoms with van der Waals surface area (Å²) in [6.07, 6.45) is 8.26. The number of nitrogen functional groups attached to an aromatic ring is 1. The van der Waals surface area contributed by atoms with Crippen molar-refractivity contribution in [2.75, 3.05) is 5.73 Å². The molecule has 1 fully saturated rings. The van der Waals surface area contributed by atoms with Gasteiger partial charge in [0.15, 0.2) is 0 Å². The van der Waals surface area contributed by atoms with Crippen LogP contribution in [0.4, 0.5) is 5.95 Å². The zero-order valence-electron chi connectivity index (χ0n) is 11.5. The van der Waals surface area contributed by atoms with Gasteiger partial charge in [-0.25, -0.2) is 4.98 Å². The van der Waals surface area contributed by atoms with E-state index in [0.717, 1.165) is 30.4 Å². The van der Waals surface area contributed by atoms with Crippen LogP contribution in [0.1, 0.15) is 69.9 Å². The number of anilines is 1. The number of aryl methyl sites for hydroxylation is 1. The van der Waals surface area contributed by atoms with Gasteiger partial charge in [-0.2, -0.15) is 9.97 Å². The average Bonchev–Trinajstić information content (AvgIpc) is 2.38. The van der Waals surface area contributed by atoms with Crippen molar-refractivity contribution in [3.63, 3.8) is 0 Å². The third-order valence-corrected chi connectivity index (χ3v) is 3.92. The fraction of sp³-hybridized carbons (Fsp3) is 0.786. The highest BCUT2D eigenvalue weighted by Gasteiger charge is 2.24. The molecular weight excluding hydrogens is 224 g/mol. The van der Waals surface area contributed by atoms with Gasteiger partial charge in [-0.05, 0) is 25.2 Å². The molecule has 1 aliphatic rings. The van der Waals surface area contributed by atoms with Crippen molar-refractivity contribution >= 4 is 5.95 Å². The Morgan fingerprint density at radius 1 is 1.17 bits per heavy atom. The fourth-order valence-corrected chi connectivity index (χ4v) is 2.87. The van der Waals surface area contributed by atoms with Crippen molar-refractivity contribution in [3.8, 4) is 0 Å². The molecule has 2 rings (SSSR count). The molecule has 100 valence electrons. The Bertz CT molecular complexity index is 391. The molecule has 0 aromatic carbocycles. The van der Waals surface area contributed by atoms with Crippen molar-refractivity contribution in [3.05, 3.63) is 11.6 Å². The summed E-state index contributed by atoms with van der Waals surface area (Å²) in [5.74, 6) is 3.51. The van der Waals surface area contributed by atoms with Crippen LogP contribution in [-0.2, 0) is 6.42 Å². The molecule has 0 spiro atoms. The van der Waals surface area contributed by atoms with E-state index in [9.17, 15) is 0 Å². The molecule has 0 bridgehead atoms. The highest BCUT2D eigenvalue weighted by Crippen LogP contribution is 2.36. The monoisotopic (exact) mass is 248 g/mol. The van der Waals surface area contributed by atoms with Gasteiger partial charge in [-0.3, -0.25) is 0 Å². The molecule has 18 heavy (non-hydrogen) atoms. The standard InChI is InChI=1S/C14H24N4/c1-3-6-12-16-13(18-14(15)17-12)11-8-5-7-10(4-2)9-11/h10-11H,3-9H2,1-2H3,(H2,15,16,17,18). The van der Waals surface area contributed by atoms with Crippen LogP contribution in [0, 0.1) is 5.92 Å². The second kappa shape index (κ2) is 6.12. The number of hydrogen-bond acceptors (Lipinski definition) is 4. The highest BCUT2D eigenvalue weighted by atomic mass is 15.1. The molecule has 0 saturated heterocycles. The van der Waals surface area contributed by atoms with Crippen molar-refractivity contribution in [2.45, 2.75) is 64.7 Å². The van der Waals surface area contributed by atoms with E-state index in [1.54, 1.807) is 0 Å². The van der Waals surface area contributed by atoms with Crippen molar-refractivity contribution in [1.29, 1.82) is 0 Å². The van der Waals surface area contributed by atoms with Crippen molar-refractivity contribution < 1.29 is 0 Å². The van der Waals surface area contributed by atoms with Gasteiger partial charge < -0.3 is 5.73 Å². The first-order chi connectivity index (χ1) is 8.72. The van der Waals surface area contributed by atoms with Crippen molar-refractivity contribution in [1.82, 2.24) is 15.0 Å². The summed E-state index contributed by atoms with van der Waals surface area (Å²) in [6.45, 7) is 4.41. The molecule has 4 heteroatoms. The van der Waals surface area contributed by atoms with Crippen LogP contribution in [-0.4, -0.2) is 15.0 Å². The Morgan fingerprint density at radius 2 is 2.00 bits per heavy atom. The van der Waals surface area contributed by atoms with E-state index in [1.807, 2.05) is 0 Å². The van der Waals surface area contributed by atoms with Crippen LogP contribution in [0.2, 0.25) is 0 Å². The lowest BCUT2D eigenvalue weighted by molar-refractivity contribution is 0.306. The first kappa shape index (κ1) is 13.2. The molecule has 1 aromatic rings. The molecule has 0 aliphatic heterocycles. The smallest absolute Gasteiger partial charge is 0.223 e. The molecule has 2 atom stereocenters. The quantitative estimate of drug-likeness (QED) is 0.889. The highest BCUT2D eigenvalue weighted by molar-refractivity contribution is 5.18. The summed E-state index contributed by atoms with van der Waals surface area (Å²) in [5, 5.41) is 0. The average molecular weight is 248 g/mol. The zero-order chi connectivity index (χ0) is 13.0. The summed E-state index contributed by atoms with van der Waals surface area (Å²) in [7, 11) is 0. The van der Waals surface area contributed by atoms with E-state index in [-0.39, 0.29) is 0 Å². The topological polar surface area (TPSA) is 64.7 Å². The lowest BCUT2D eigenvalue weighted by Crippen LogP contribution is -2.18. The van der Waals surface area contributed by atoms with E-state index < -0.39 is 0 Å². The minimum absolute atomic E-state index is 0.391. The van der Waals surface area contributed by atoms with Crippen LogP contribution >= 0.6 is 0 Å². The van der Waals surface area contributed by atoms with E-state index in [1.165, 1.54) is 32.1 Å². The van der Waals surface area contributed by atoms with Gasteiger partial charge in [-0.1, -0.05) is 33.1 Å². The predicted octanol–water partition coefficient (Wildman–Crippen LogP) is 3.09. The molecule has 4 nitrogen and oxygen atoms in total. The molecule has 1 heterocycles. The summed E-state index contributed by atoms with van der Waals surface area (Å²) >= 11 is 0. The SMILES string of the molecule is CCCc1nc(N)nc(C2CCCC(CC)C2)n1. The number of hydrogen-bond donors (Lipinski definition) is 1. The summed E-state index contributed by atoms with van der Waals surface area (Å²) < 4.78 is 0. The Kier molecular flexibility index (Phi) is 4.50. The number of nitrogens with two attached hydrogens (primary N) is 1. The summed E-state index contributed by atoms with van der Waals surface area (Å²) in [4.78, 5) is 13.2. The number of rotatable bonds is 4. The number of nitrogens with zero attached hydrogens (tertiary/aromatic N) is 3. The molecule has 1 saturated carbocycles. The molecular formula is C14H24N4. The van der Waals surface area contributed by atoms with Gasteiger partial charge in [0.2, 0.25) is 5.95 Å². The van der Waals surface area contributed by atoms with Gasteiger partial charge in [0.25, 0.3) is 0 Å². The van der Waals surface area contributed by atoms with E-state index in [0.29, 0.717) is 11.9 Å². The van der Waals surface area contributed by atoms with E-state index >= 15 is 0 Å². The predicted molar refractivity (Wildman–Crippen MR) is 73.2 cm³/mol. The first-order valence-electron chi connectivity index (χ1n) is 7.23. The van der Waals surface area contributed by atoms with Crippen molar-refractivity contribution in [2.24, 2.45) is 5.92 Å². The molecule has 0 radical (unpaired) electrons. The van der Waals surface area contributed by atoms with E-state index in [2.05, 4.69) is 28.8 Å². The van der Waals surface area contributed by atoms with E-state index in [4.69, 9.17) is 5.73 Å². The Labute approximate surface area is 109 Å². The maximum Gasteiger partial charge on any atom is 0.223 e. The first-order valence-corrected chi connectivity index (χ1v) is 7.23. The second-order valence-electron chi connectivity index (χ2n) is 5.36.